The zero-order valence-electron chi connectivity index (χ0n) is 19.1. The Morgan fingerprint density at radius 1 is 0.917 bits per heavy atom. The van der Waals surface area contributed by atoms with E-state index < -0.39 is 0 Å². The quantitative estimate of drug-likeness (QED) is 0.369. The van der Waals surface area contributed by atoms with Crippen LogP contribution >= 0.6 is 11.3 Å². The van der Waals surface area contributed by atoms with Crippen molar-refractivity contribution in [3.63, 3.8) is 0 Å². The summed E-state index contributed by atoms with van der Waals surface area (Å²) in [7, 11) is 0. The van der Waals surface area contributed by atoms with Gasteiger partial charge in [0.2, 0.25) is 10.8 Å². The second kappa shape index (κ2) is 7.73. The lowest BCUT2D eigenvalue weighted by atomic mass is 10.1. The second-order valence-corrected chi connectivity index (χ2v) is 9.67. The second-order valence-electron chi connectivity index (χ2n) is 8.69. The number of anilines is 1. The minimum Gasteiger partial charge on any atom is -0.452 e. The number of hydrogen-bond donors (Lipinski definition) is 0. The Bertz CT molecular complexity index is 1930. The molecule has 3 aromatic carbocycles. The zero-order chi connectivity index (χ0) is 24.4. The molecular weight excluding hydrogens is 472 g/mol. The van der Waals surface area contributed by atoms with E-state index in [4.69, 9.17) is 4.42 Å². The number of carbonyl (C=O) groups excluding carboxylic acids is 1. The third kappa shape index (κ3) is 2.98. The van der Waals surface area contributed by atoms with Crippen molar-refractivity contribution in [2.75, 3.05) is 4.90 Å². The van der Waals surface area contributed by atoms with Gasteiger partial charge in [0, 0.05) is 16.5 Å². The average molecular weight is 491 g/mol. The molecule has 1 aliphatic heterocycles. The summed E-state index contributed by atoms with van der Waals surface area (Å²) in [4.78, 5) is 33.9. The number of rotatable bonds is 3. The first-order chi connectivity index (χ1) is 17.6. The first kappa shape index (κ1) is 20.8. The van der Waals surface area contributed by atoms with Crippen molar-refractivity contribution in [2.45, 2.75) is 13.5 Å². The predicted octanol–water partition coefficient (Wildman–Crippen LogP) is 4.34. The number of aryl methyl sites for hydroxylation is 1. The van der Waals surface area contributed by atoms with E-state index in [2.05, 4.69) is 10.1 Å². The van der Waals surface area contributed by atoms with Crippen LogP contribution in [-0.4, -0.2) is 20.5 Å². The Kier molecular flexibility index (Phi) is 4.46. The Balaban J connectivity index is 1.38. The van der Waals surface area contributed by atoms with Gasteiger partial charge in [0.05, 0.1) is 17.8 Å². The molecule has 6 aromatic rings. The molecule has 0 bridgehead atoms. The summed E-state index contributed by atoms with van der Waals surface area (Å²) < 4.78 is 7.59. The molecule has 0 N–H and O–H groups in total. The summed E-state index contributed by atoms with van der Waals surface area (Å²) in [6.45, 7) is 2.37. The SMILES string of the molecule is Cc1c(-c2nc3s/c(=C4\C(=O)N(Cc5ccccc5)c5ccccc54)c(=O)n3n2)oc2ccccc12. The normalized spacial score (nSPS) is 14.8. The van der Waals surface area contributed by atoms with Crippen LogP contribution < -0.4 is 15.0 Å². The number of hydrogen-bond acceptors (Lipinski definition) is 6. The number of benzene rings is 3. The Morgan fingerprint density at radius 2 is 1.67 bits per heavy atom. The van der Waals surface area contributed by atoms with Crippen molar-refractivity contribution in [3.05, 3.63) is 110 Å². The van der Waals surface area contributed by atoms with Gasteiger partial charge in [0.1, 0.15) is 10.1 Å². The summed E-state index contributed by atoms with van der Waals surface area (Å²) >= 11 is 1.18. The van der Waals surface area contributed by atoms with Crippen molar-refractivity contribution in [2.24, 2.45) is 0 Å². The summed E-state index contributed by atoms with van der Waals surface area (Å²) in [5.41, 5.74) is 4.24. The number of aromatic nitrogens is 3. The van der Waals surface area contributed by atoms with Crippen LogP contribution in [0.1, 0.15) is 16.7 Å². The van der Waals surface area contributed by atoms with Crippen LogP contribution in [0.3, 0.4) is 0 Å². The third-order valence-corrected chi connectivity index (χ3v) is 7.57. The maximum absolute atomic E-state index is 13.6. The number of fused-ring (bicyclic) bond motifs is 3. The van der Waals surface area contributed by atoms with Gasteiger partial charge in [-0.3, -0.25) is 9.59 Å². The lowest BCUT2D eigenvalue weighted by Gasteiger charge is -2.17. The highest BCUT2D eigenvalue weighted by Gasteiger charge is 2.34. The molecular formula is C28H18N4O3S. The molecule has 3 aromatic heterocycles. The van der Waals surface area contributed by atoms with Crippen molar-refractivity contribution >= 4 is 44.4 Å². The molecule has 7 rings (SSSR count). The molecule has 0 spiro atoms. The van der Waals surface area contributed by atoms with Crippen LogP contribution in [0.25, 0.3) is 33.1 Å². The lowest BCUT2D eigenvalue weighted by Crippen LogP contribution is -2.32. The van der Waals surface area contributed by atoms with Gasteiger partial charge < -0.3 is 9.32 Å². The maximum atomic E-state index is 13.6. The number of para-hydroxylation sites is 2. The molecule has 8 heteroatoms. The lowest BCUT2D eigenvalue weighted by molar-refractivity contribution is -0.113. The van der Waals surface area contributed by atoms with E-state index in [1.165, 1.54) is 15.9 Å². The summed E-state index contributed by atoms with van der Waals surface area (Å²) in [5.74, 6) is 0.694. The molecule has 0 unspecified atom stereocenters. The van der Waals surface area contributed by atoms with Crippen molar-refractivity contribution in [1.29, 1.82) is 0 Å². The predicted molar refractivity (Wildman–Crippen MR) is 139 cm³/mol. The van der Waals surface area contributed by atoms with Gasteiger partial charge in [0.15, 0.2) is 5.76 Å². The van der Waals surface area contributed by atoms with Crippen LogP contribution in [0, 0.1) is 6.92 Å². The minimum atomic E-state index is -0.359. The van der Waals surface area contributed by atoms with Crippen LogP contribution in [0.2, 0.25) is 0 Å². The van der Waals surface area contributed by atoms with Crippen LogP contribution in [0.15, 0.2) is 88.1 Å². The van der Waals surface area contributed by atoms with Crippen LogP contribution in [-0.2, 0) is 11.3 Å². The van der Waals surface area contributed by atoms with Gasteiger partial charge in [-0.1, -0.05) is 78.1 Å². The van der Waals surface area contributed by atoms with Gasteiger partial charge in [-0.25, -0.2) is 0 Å². The average Bonchev–Trinajstić information content (AvgIpc) is 3.62. The van der Waals surface area contributed by atoms with E-state index in [1.54, 1.807) is 4.90 Å². The molecule has 7 nitrogen and oxygen atoms in total. The molecule has 0 aliphatic carbocycles. The van der Waals surface area contributed by atoms with E-state index in [-0.39, 0.29) is 11.5 Å². The van der Waals surface area contributed by atoms with Crippen LogP contribution in [0.5, 0.6) is 0 Å². The Hall–Kier alpha value is -4.56. The highest BCUT2D eigenvalue weighted by Crippen LogP contribution is 2.36. The topological polar surface area (TPSA) is 80.7 Å². The van der Waals surface area contributed by atoms with E-state index in [1.807, 2.05) is 85.8 Å². The summed E-state index contributed by atoms with van der Waals surface area (Å²) in [6, 6.07) is 25.1. The number of carbonyl (C=O) groups is 1. The standard InChI is InChI=1S/C28H18N4O3S/c1-16-18-11-6-8-14-21(18)35-23(16)25-29-28-32(30-25)27(34)24(36-28)22-19-12-5-7-13-20(19)31(26(22)33)15-17-9-3-2-4-10-17/h2-14H,15H2,1H3/b24-22-. The fourth-order valence-electron chi connectivity index (χ4n) is 4.79. The third-order valence-electron chi connectivity index (χ3n) is 6.54. The molecule has 0 atom stereocenters. The molecule has 0 fully saturated rings. The molecule has 4 heterocycles. The number of amides is 1. The highest BCUT2D eigenvalue weighted by atomic mass is 32.1. The summed E-state index contributed by atoms with van der Waals surface area (Å²) in [5, 5.41) is 5.45. The first-order valence-corrected chi connectivity index (χ1v) is 12.3. The number of nitrogens with zero attached hydrogens (tertiary/aromatic N) is 4. The van der Waals surface area contributed by atoms with E-state index in [0.29, 0.717) is 33.2 Å². The van der Waals surface area contributed by atoms with Crippen molar-refractivity contribution < 1.29 is 9.21 Å². The van der Waals surface area contributed by atoms with Gasteiger partial charge in [-0.2, -0.15) is 9.50 Å². The van der Waals surface area contributed by atoms with Gasteiger partial charge in [-0.15, -0.1) is 5.10 Å². The molecule has 36 heavy (non-hydrogen) atoms. The fourth-order valence-corrected chi connectivity index (χ4v) is 5.79. The van der Waals surface area contributed by atoms with E-state index in [0.717, 1.165) is 33.3 Å². The van der Waals surface area contributed by atoms with E-state index >= 15 is 0 Å². The van der Waals surface area contributed by atoms with Crippen LogP contribution in [0.4, 0.5) is 5.69 Å². The largest absolute Gasteiger partial charge is 0.452 e. The molecule has 1 amide bonds. The van der Waals surface area contributed by atoms with E-state index in [9.17, 15) is 9.59 Å². The smallest absolute Gasteiger partial charge is 0.291 e. The zero-order valence-corrected chi connectivity index (χ0v) is 20.0. The monoisotopic (exact) mass is 490 g/mol. The molecule has 174 valence electrons. The number of furan rings is 1. The molecule has 0 saturated heterocycles. The fraction of sp³-hybridized carbons (Fsp3) is 0.0714. The van der Waals surface area contributed by atoms with Crippen molar-refractivity contribution in [1.82, 2.24) is 14.6 Å². The first-order valence-electron chi connectivity index (χ1n) is 11.5. The number of thiazole rings is 1. The van der Waals surface area contributed by atoms with Gasteiger partial charge in [-0.05, 0) is 24.6 Å². The molecule has 0 saturated carbocycles. The maximum Gasteiger partial charge on any atom is 0.291 e. The Labute approximate surface area is 208 Å². The van der Waals surface area contributed by atoms with Gasteiger partial charge in [0.25, 0.3) is 11.5 Å². The molecule has 0 radical (unpaired) electrons. The highest BCUT2D eigenvalue weighted by molar-refractivity contribution is 7.15. The van der Waals surface area contributed by atoms with Gasteiger partial charge >= 0.3 is 0 Å². The van der Waals surface area contributed by atoms with Crippen molar-refractivity contribution in [3.8, 4) is 11.6 Å². The summed E-state index contributed by atoms with van der Waals surface area (Å²) in [6.07, 6.45) is 0. The minimum absolute atomic E-state index is 0.199. The molecule has 1 aliphatic rings. The Morgan fingerprint density at radius 3 is 2.47 bits per heavy atom.